The van der Waals surface area contributed by atoms with Gasteiger partial charge in [-0.15, -0.1) is 0 Å². The zero-order valence-electron chi connectivity index (χ0n) is 13.9. The molecule has 1 saturated carbocycles. The van der Waals surface area contributed by atoms with Crippen LogP contribution in [0.3, 0.4) is 0 Å². The second-order valence-electron chi connectivity index (χ2n) is 6.43. The summed E-state index contributed by atoms with van der Waals surface area (Å²) in [5.41, 5.74) is 4.86. The van der Waals surface area contributed by atoms with Crippen LogP contribution in [0.2, 0.25) is 5.02 Å². The van der Waals surface area contributed by atoms with Crippen LogP contribution < -0.4 is 5.32 Å². The predicted molar refractivity (Wildman–Crippen MR) is 99.7 cm³/mol. The molecule has 2 aromatic heterocycles. The van der Waals surface area contributed by atoms with Gasteiger partial charge in [0, 0.05) is 18.6 Å². The fourth-order valence-electron chi connectivity index (χ4n) is 3.08. The number of hydrogen-bond donors (Lipinski definition) is 1. The summed E-state index contributed by atoms with van der Waals surface area (Å²) in [6.45, 7) is 0. The quantitative estimate of drug-likeness (QED) is 0.769. The van der Waals surface area contributed by atoms with Gasteiger partial charge in [0.1, 0.15) is 0 Å². The predicted octanol–water partition coefficient (Wildman–Crippen LogP) is 4.12. The number of nitrogens with zero attached hydrogens (tertiary/aromatic N) is 2. The van der Waals surface area contributed by atoms with Crippen molar-refractivity contribution in [2.75, 3.05) is 7.05 Å². The SMILES string of the molecule is CNC(=O)Cc1ccc2c(C3CC3)cc(-c3ccc(Cl)cn3)nc2c1. The molecule has 126 valence electrons. The lowest BCUT2D eigenvalue weighted by molar-refractivity contribution is -0.119. The van der Waals surface area contributed by atoms with Crippen LogP contribution in [0.15, 0.2) is 42.6 Å². The molecule has 5 heteroatoms. The van der Waals surface area contributed by atoms with E-state index < -0.39 is 0 Å². The molecule has 2 heterocycles. The Labute approximate surface area is 151 Å². The molecule has 1 fully saturated rings. The summed E-state index contributed by atoms with van der Waals surface area (Å²) < 4.78 is 0. The summed E-state index contributed by atoms with van der Waals surface area (Å²) in [5.74, 6) is 0.596. The third kappa shape index (κ3) is 3.35. The third-order valence-corrected chi connectivity index (χ3v) is 4.78. The van der Waals surface area contributed by atoms with Gasteiger partial charge in [-0.25, -0.2) is 4.98 Å². The zero-order chi connectivity index (χ0) is 17.4. The Hall–Kier alpha value is -2.46. The first-order chi connectivity index (χ1) is 12.1. The van der Waals surface area contributed by atoms with Crippen molar-refractivity contribution in [3.63, 3.8) is 0 Å². The third-order valence-electron chi connectivity index (χ3n) is 4.56. The molecule has 0 aliphatic heterocycles. The number of aromatic nitrogens is 2. The maximum atomic E-state index is 11.7. The highest BCUT2D eigenvalue weighted by Crippen LogP contribution is 2.44. The largest absolute Gasteiger partial charge is 0.359 e. The molecule has 1 aliphatic carbocycles. The maximum Gasteiger partial charge on any atom is 0.224 e. The average Bonchev–Trinajstić information content (AvgIpc) is 3.46. The van der Waals surface area contributed by atoms with Crippen molar-refractivity contribution in [3.8, 4) is 11.4 Å². The Morgan fingerprint density at radius 2 is 2.04 bits per heavy atom. The molecule has 3 aromatic rings. The van der Waals surface area contributed by atoms with Crippen LogP contribution in [0.4, 0.5) is 0 Å². The van der Waals surface area contributed by atoms with Crippen LogP contribution in [0.5, 0.6) is 0 Å². The van der Waals surface area contributed by atoms with Gasteiger partial charge in [-0.3, -0.25) is 9.78 Å². The monoisotopic (exact) mass is 351 g/mol. The van der Waals surface area contributed by atoms with Crippen LogP contribution in [0.25, 0.3) is 22.3 Å². The number of amides is 1. The normalized spacial score (nSPS) is 13.8. The summed E-state index contributed by atoms with van der Waals surface area (Å²) in [6.07, 6.45) is 4.43. The smallest absolute Gasteiger partial charge is 0.224 e. The number of rotatable bonds is 4. The van der Waals surface area contributed by atoms with Gasteiger partial charge in [-0.1, -0.05) is 23.7 Å². The molecule has 1 aromatic carbocycles. The second kappa shape index (κ2) is 6.45. The second-order valence-corrected chi connectivity index (χ2v) is 6.87. The first-order valence-corrected chi connectivity index (χ1v) is 8.78. The molecule has 4 rings (SSSR count). The minimum absolute atomic E-state index is 0.00251. The van der Waals surface area contributed by atoms with E-state index in [0.29, 0.717) is 17.4 Å². The fraction of sp³-hybridized carbons (Fsp3) is 0.250. The van der Waals surface area contributed by atoms with Crippen LogP contribution in [-0.2, 0) is 11.2 Å². The van der Waals surface area contributed by atoms with Gasteiger partial charge in [-0.05, 0) is 54.2 Å². The van der Waals surface area contributed by atoms with Crippen molar-refractivity contribution in [3.05, 3.63) is 58.7 Å². The van der Waals surface area contributed by atoms with Gasteiger partial charge in [-0.2, -0.15) is 0 Å². The van der Waals surface area contributed by atoms with E-state index >= 15 is 0 Å². The Bertz CT molecular complexity index is 949. The van der Waals surface area contributed by atoms with E-state index in [1.165, 1.54) is 23.8 Å². The lowest BCUT2D eigenvalue weighted by Crippen LogP contribution is -2.19. The minimum Gasteiger partial charge on any atom is -0.359 e. The van der Waals surface area contributed by atoms with Crippen molar-refractivity contribution >= 4 is 28.4 Å². The molecule has 0 atom stereocenters. The van der Waals surface area contributed by atoms with Crippen molar-refractivity contribution < 1.29 is 4.79 Å². The Morgan fingerprint density at radius 1 is 1.20 bits per heavy atom. The van der Waals surface area contributed by atoms with Crippen LogP contribution >= 0.6 is 11.6 Å². The summed E-state index contributed by atoms with van der Waals surface area (Å²) >= 11 is 5.95. The number of fused-ring (bicyclic) bond motifs is 1. The Balaban J connectivity index is 1.83. The van der Waals surface area contributed by atoms with Gasteiger partial charge in [0.05, 0.1) is 28.3 Å². The number of hydrogen-bond acceptors (Lipinski definition) is 3. The highest BCUT2D eigenvalue weighted by atomic mass is 35.5. The van der Waals surface area contributed by atoms with Crippen molar-refractivity contribution in [1.29, 1.82) is 0 Å². The molecule has 4 nitrogen and oxygen atoms in total. The number of carbonyl (C=O) groups excluding carboxylic acids is 1. The molecule has 0 saturated heterocycles. The summed E-state index contributed by atoms with van der Waals surface area (Å²) in [4.78, 5) is 20.9. The van der Waals surface area contributed by atoms with Gasteiger partial charge < -0.3 is 5.32 Å². The highest BCUT2D eigenvalue weighted by molar-refractivity contribution is 6.30. The summed E-state index contributed by atoms with van der Waals surface area (Å²) in [7, 11) is 1.65. The summed E-state index contributed by atoms with van der Waals surface area (Å²) in [5, 5.41) is 4.44. The number of pyridine rings is 2. The summed E-state index contributed by atoms with van der Waals surface area (Å²) in [6, 6.07) is 12.0. The molecule has 0 radical (unpaired) electrons. The van der Waals surface area contributed by atoms with Crippen LogP contribution in [0, 0.1) is 0 Å². The van der Waals surface area contributed by atoms with Gasteiger partial charge in [0.15, 0.2) is 0 Å². The van der Waals surface area contributed by atoms with Crippen LogP contribution in [-0.4, -0.2) is 22.9 Å². The topological polar surface area (TPSA) is 54.9 Å². The highest BCUT2D eigenvalue weighted by Gasteiger charge is 2.26. The minimum atomic E-state index is -0.00251. The first-order valence-electron chi connectivity index (χ1n) is 8.40. The van der Waals surface area contributed by atoms with E-state index in [-0.39, 0.29) is 5.91 Å². The molecular formula is C20H18ClN3O. The lowest BCUT2D eigenvalue weighted by Gasteiger charge is -2.10. The number of carbonyl (C=O) groups is 1. The van der Waals surface area contributed by atoms with Crippen molar-refractivity contribution in [2.45, 2.75) is 25.2 Å². The van der Waals surface area contributed by atoms with E-state index in [9.17, 15) is 4.79 Å². The van der Waals surface area contributed by atoms with E-state index in [1.54, 1.807) is 13.2 Å². The maximum absolute atomic E-state index is 11.7. The lowest BCUT2D eigenvalue weighted by atomic mass is 10.00. The molecule has 1 aliphatic rings. The average molecular weight is 352 g/mol. The Morgan fingerprint density at radius 3 is 2.72 bits per heavy atom. The van der Waals surface area contributed by atoms with Gasteiger partial charge in [0.25, 0.3) is 0 Å². The number of nitrogens with one attached hydrogen (secondary N) is 1. The van der Waals surface area contributed by atoms with E-state index in [0.717, 1.165) is 22.5 Å². The van der Waals surface area contributed by atoms with E-state index in [4.69, 9.17) is 16.6 Å². The molecule has 25 heavy (non-hydrogen) atoms. The molecular weight excluding hydrogens is 334 g/mol. The first kappa shape index (κ1) is 16.0. The molecule has 0 bridgehead atoms. The Kier molecular flexibility index (Phi) is 4.14. The van der Waals surface area contributed by atoms with E-state index in [2.05, 4.69) is 22.4 Å². The van der Waals surface area contributed by atoms with Gasteiger partial charge in [0.2, 0.25) is 5.91 Å². The fourth-order valence-corrected chi connectivity index (χ4v) is 3.19. The number of halogens is 1. The number of benzene rings is 1. The van der Waals surface area contributed by atoms with Crippen molar-refractivity contribution in [2.24, 2.45) is 0 Å². The zero-order valence-corrected chi connectivity index (χ0v) is 14.7. The van der Waals surface area contributed by atoms with Gasteiger partial charge >= 0.3 is 0 Å². The van der Waals surface area contributed by atoms with E-state index in [1.807, 2.05) is 24.3 Å². The molecule has 0 unspecified atom stereocenters. The number of likely N-dealkylation sites (N-methyl/N-ethyl adjacent to an activating group) is 1. The van der Waals surface area contributed by atoms with Crippen LogP contribution in [0.1, 0.15) is 29.9 Å². The molecule has 0 spiro atoms. The molecule has 1 amide bonds. The van der Waals surface area contributed by atoms with Crippen molar-refractivity contribution in [1.82, 2.24) is 15.3 Å². The molecule has 1 N–H and O–H groups in total. The standard InChI is InChI=1S/C20H18ClN3O/c1-22-20(25)9-12-2-6-15-16(13-3-4-13)10-19(24-18(15)8-12)17-7-5-14(21)11-23-17/h2,5-8,10-11,13H,3-4,9H2,1H3,(H,22,25).